The first kappa shape index (κ1) is 20.7. The van der Waals surface area contributed by atoms with Gasteiger partial charge in [-0.05, 0) is 17.0 Å². The fraction of sp³-hybridized carbons (Fsp3) is 0.167. The summed E-state index contributed by atoms with van der Waals surface area (Å²) in [7, 11) is 0. The Labute approximate surface area is 184 Å². The van der Waals surface area contributed by atoms with Crippen LogP contribution in [-0.4, -0.2) is 21.1 Å². The molecule has 0 aliphatic carbocycles. The molecule has 0 saturated heterocycles. The van der Waals surface area contributed by atoms with Crippen molar-refractivity contribution in [3.8, 4) is 21.8 Å². The highest BCUT2D eigenvalue weighted by atomic mass is 32.1. The fourth-order valence-corrected chi connectivity index (χ4v) is 4.28. The molecule has 0 aliphatic heterocycles. The number of aromatic nitrogens is 3. The Balaban J connectivity index is 1.76. The number of hydrogen-bond acceptors (Lipinski definition) is 5. The van der Waals surface area contributed by atoms with Crippen molar-refractivity contribution in [2.24, 2.45) is 0 Å². The molecule has 2 aromatic heterocycles. The average molecular weight is 431 g/mol. The van der Waals surface area contributed by atoms with Crippen molar-refractivity contribution in [2.75, 3.05) is 0 Å². The van der Waals surface area contributed by atoms with Gasteiger partial charge in [-0.2, -0.15) is 5.10 Å². The molecule has 0 fully saturated rings. The molecule has 0 saturated carbocycles. The molecule has 0 aliphatic rings. The lowest BCUT2D eigenvalue weighted by Crippen LogP contribution is -2.22. The number of amides is 1. The minimum absolute atomic E-state index is 0.0888. The lowest BCUT2D eigenvalue weighted by atomic mass is 10.00. The van der Waals surface area contributed by atoms with Gasteiger partial charge in [-0.25, -0.2) is 10.1 Å². The second-order valence-corrected chi connectivity index (χ2v) is 8.42. The zero-order valence-electron chi connectivity index (χ0n) is 17.3. The highest BCUT2D eigenvalue weighted by Gasteiger charge is 2.23. The van der Waals surface area contributed by atoms with Crippen molar-refractivity contribution in [3.63, 3.8) is 0 Å². The Morgan fingerprint density at radius 2 is 1.71 bits per heavy atom. The Hall–Kier alpha value is -3.58. The smallest absolute Gasteiger partial charge is 0.280 e. The van der Waals surface area contributed by atoms with Crippen LogP contribution >= 0.6 is 11.3 Å². The molecule has 0 radical (unpaired) electrons. The molecule has 4 aromatic rings. The van der Waals surface area contributed by atoms with E-state index in [0.717, 1.165) is 21.6 Å². The number of carbonyl (C=O) groups excluding carboxylic acids is 1. The van der Waals surface area contributed by atoms with Gasteiger partial charge >= 0.3 is 0 Å². The average Bonchev–Trinajstić information content (AvgIpc) is 3.24. The summed E-state index contributed by atoms with van der Waals surface area (Å²) in [6.07, 6.45) is 0. The van der Waals surface area contributed by atoms with E-state index in [9.17, 15) is 9.59 Å². The molecule has 0 spiro atoms. The Kier molecular flexibility index (Phi) is 6.04. The van der Waals surface area contributed by atoms with E-state index in [1.54, 1.807) is 6.07 Å². The minimum atomic E-state index is -0.251. The Bertz CT molecular complexity index is 1250. The third-order valence-corrected chi connectivity index (χ3v) is 5.90. The van der Waals surface area contributed by atoms with E-state index < -0.39 is 0 Å². The van der Waals surface area contributed by atoms with E-state index in [2.05, 4.69) is 20.5 Å². The van der Waals surface area contributed by atoms with Crippen LogP contribution in [0.15, 0.2) is 71.5 Å². The first-order valence-corrected chi connectivity index (χ1v) is 10.8. The summed E-state index contributed by atoms with van der Waals surface area (Å²) in [5, 5.41) is 10.1. The van der Waals surface area contributed by atoms with Crippen molar-refractivity contribution in [1.82, 2.24) is 20.5 Å². The van der Waals surface area contributed by atoms with Crippen LogP contribution in [0, 0.1) is 0 Å². The number of thiazole rings is 1. The molecule has 31 heavy (non-hydrogen) atoms. The quantitative estimate of drug-likeness (QED) is 0.467. The van der Waals surface area contributed by atoms with Crippen molar-refractivity contribution >= 4 is 17.2 Å². The van der Waals surface area contributed by atoms with Crippen LogP contribution in [0.1, 0.15) is 40.7 Å². The molecule has 1 amide bonds. The molecule has 0 atom stereocenters. The number of nitrogens with one attached hydrogen (secondary N) is 2. The van der Waals surface area contributed by atoms with E-state index in [0.29, 0.717) is 22.9 Å². The van der Waals surface area contributed by atoms with Gasteiger partial charge in [0.05, 0.1) is 10.6 Å². The van der Waals surface area contributed by atoms with Gasteiger partial charge < -0.3 is 5.32 Å². The summed E-state index contributed by atoms with van der Waals surface area (Å²) in [6.45, 7) is 4.44. The maximum absolute atomic E-state index is 12.9. The van der Waals surface area contributed by atoms with Crippen LogP contribution in [0.4, 0.5) is 0 Å². The summed E-state index contributed by atoms with van der Waals surface area (Å²) in [6, 6.07) is 21.0. The molecular weight excluding hydrogens is 408 g/mol. The second-order valence-electron chi connectivity index (χ2n) is 7.42. The maximum Gasteiger partial charge on any atom is 0.280 e. The predicted molar refractivity (Wildman–Crippen MR) is 123 cm³/mol. The fourth-order valence-electron chi connectivity index (χ4n) is 3.26. The van der Waals surface area contributed by atoms with Crippen LogP contribution in [0.2, 0.25) is 0 Å². The summed E-state index contributed by atoms with van der Waals surface area (Å²) in [4.78, 5) is 30.2. The standard InChI is InChI=1S/C24H22N4O2S/c1-15(2)18-13-19(29)27-28-21(18)22-20(17-11-7-4-8-12-17)26-24(31-22)23(30)25-14-16-9-5-3-6-10-16/h3-13,15H,14H2,1-2H3,(H,25,30)(H,27,29). The van der Waals surface area contributed by atoms with Gasteiger partial charge in [0, 0.05) is 18.2 Å². The Morgan fingerprint density at radius 3 is 2.39 bits per heavy atom. The summed E-state index contributed by atoms with van der Waals surface area (Å²) in [5.41, 5.74) is 3.80. The van der Waals surface area contributed by atoms with Gasteiger partial charge in [0.25, 0.3) is 11.5 Å². The summed E-state index contributed by atoms with van der Waals surface area (Å²) in [5.74, 6) is -0.154. The molecule has 7 heteroatoms. The first-order valence-electron chi connectivity index (χ1n) is 10.0. The summed E-state index contributed by atoms with van der Waals surface area (Å²) < 4.78 is 0. The normalized spacial score (nSPS) is 10.9. The van der Waals surface area contributed by atoms with E-state index >= 15 is 0 Å². The van der Waals surface area contributed by atoms with Crippen LogP contribution < -0.4 is 10.9 Å². The molecular formula is C24H22N4O2S. The third-order valence-electron chi connectivity index (χ3n) is 4.84. The molecule has 0 bridgehead atoms. The van der Waals surface area contributed by atoms with Crippen molar-refractivity contribution in [2.45, 2.75) is 26.3 Å². The van der Waals surface area contributed by atoms with E-state index in [-0.39, 0.29) is 17.4 Å². The topological polar surface area (TPSA) is 87.7 Å². The number of benzene rings is 2. The van der Waals surface area contributed by atoms with Gasteiger partial charge in [0.2, 0.25) is 0 Å². The monoisotopic (exact) mass is 430 g/mol. The third kappa shape index (κ3) is 4.62. The highest BCUT2D eigenvalue weighted by molar-refractivity contribution is 7.17. The van der Waals surface area contributed by atoms with Crippen molar-refractivity contribution < 1.29 is 4.79 Å². The number of carbonyl (C=O) groups is 1. The lowest BCUT2D eigenvalue weighted by Gasteiger charge is -2.10. The Morgan fingerprint density at radius 1 is 1.03 bits per heavy atom. The van der Waals surface area contributed by atoms with E-state index in [1.807, 2.05) is 74.5 Å². The van der Waals surface area contributed by atoms with Crippen LogP contribution in [0.5, 0.6) is 0 Å². The van der Waals surface area contributed by atoms with E-state index in [1.165, 1.54) is 11.3 Å². The molecule has 2 heterocycles. The number of H-pyrrole nitrogens is 1. The van der Waals surface area contributed by atoms with Crippen LogP contribution in [-0.2, 0) is 6.54 Å². The summed E-state index contributed by atoms with van der Waals surface area (Å²) >= 11 is 1.28. The number of nitrogens with zero attached hydrogens (tertiary/aromatic N) is 2. The van der Waals surface area contributed by atoms with Crippen molar-refractivity contribution in [3.05, 3.63) is 93.2 Å². The zero-order valence-corrected chi connectivity index (χ0v) is 18.1. The number of hydrogen-bond donors (Lipinski definition) is 2. The lowest BCUT2D eigenvalue weighted by molar-refractivity contribution is 0.0950. The van der Waals surface area contributed by atoms with Crippen LogP contribution in [0.3, 0.4) is 0 Å². The largest absolute Gasteiger partial charge is 0.346 e. The van der Waals surface area contributed by atoms with Gasteiger partial charge in [-0.3, -0.25) is 9.59 Å². The zero-order chi connectivity index (χ0) is 21.8. The maximum atomic E-state index is 12.9. The molecule has 0 unspecified atom stereocenters. The van der Waals surface area contributed by atoms with E-state index in [4.69, 9.17) is 0 Å². The van der Waals surface area contributed by atoms with Gasteiger partial charge in [0.15, 0.2) is 5.01 Å². The van der Waals surface area contributed by atoms with Gasteiger partial charge in [0.1, 0.15) is 5.69 Å². The molecule has 4 rings (SSSR count). The number of aromatic amines is 1. The van der Waals surface area contributed by atoms with Gasteiger partial charge in [-0.1, -0.05) is 74.5 Å². The molecule has 156 valence electrons. The van der Waals surface area contributed by atoms with Gasteiger partial charge in [-0.15, -0.1) is 11.3 Å². The van der Waals surface area contributed by atoms with Crippen LogP contribution in [0.25, 0.3) is 21.8 Å². The molecule has 2 N–H and O–H groups in total. The highest BCUT2D eigenvalue weighted by Crippen LogP contribution is 2.38. The minimum Gasteiger partial charge on any atom is -0.346 e. The SMILES string of the molecule is CC(C)c1cc(=O)[nH]nc1-c1sc(C(=O)NCc2ccccc2)nc1-c1ccccc1. The predicted octanol–water partition coefficient (Wildman–Crippen LogP) is 4.61. The second kappa shape index (κ2) is 9.06. The first-order chi connectivity index (χ1) is 15.0. The molecule has 2 aromatic carbocycles. The molecule has 6 nitrogen and oxygen atoms in total. The number of rotatable bonds is 6. The van der Waals surface area contributed by atoms with Crippen molar-refractivity contribution in [1.29, 1.82) is 0 Å².